The maximum atomic E-state index is 6.12. The maximum absolute atomic E-state index is 6.12. The number of hydrogen-bond donors (Lipinski definition) is 3. The lowest BCUT2D eigenvalue weighted by Gasteiger charge is -2.11. The van der Waals surface area contributed by atoms with E-state index in [2.05, 4.69) is 22.5 Å². The van der Waals surface area contributed by atoms with Crippen LogP contribution >= 0.6 is 47.0 Å². The summed E-state index contributed by atoms with van der Waals surface area (Å²) in [5, 5.41) is 9.73. The number of anilines is 1. The quantitative estimate of drug-likeness (QED) is 0.463. The molecular formula is C18H16Cl3N3S. The summed E-state index contributed by atoms with van der Waals surface area (Å²) >= 11 is 23.4. The fraction of sp³-hybridized carbons (Fsp3) is 0.167. The zero-order valence-corrected chi connectivity index (χ0v) is 16.5. The van der Waals surface area contributed by atoms with E-state index in [1.54, 1.807) is 12.1 Å². The summed E-state index contributed by atoms with van der Waals surface area (Å²) in [6.07, 6.45) is 0.829. The number of rotatable bonds is 4. The number of fused-ring (bicyclic) bond motifs is 1. The first-order valence-corrected chi connectivity index (χ1v) is 9.25. The Bertz CT molecular complexity index is 937. The van der Waals surface area contributed by atoms with E-state index in [4.69, 9.17) is 47.0 Å². The van der Waals surface area contributed by atoms with E-state index < -0.39 is 0 Å². The average Bonchev–Trinajstić information content (AvgIpc) is 2.86. The van der Waals surface area contributed by atoms with Crippen LogP contribution < -0.4 is 10.6 Å². The van der Waals surface area contributed by atoms with Crippen LogP contribution in [0.5, 0.6) is 0 Å². The van der Waals surface area contributed by atoms with Gasteiger partial charge in [0, 0.05) is 33.9 Å². The average molecular weight is 413 g/mol. The molecule has 1 aromatic heterocycles. The SMILES string of the molecule is Cc1[nH]c2ccc(Cl)cc2c1CCNC(=S)Nc1ccc(Cl)c(Cl)c1. The number of H-pyrrole nitrogens is 1. The number of halogens is 3. The number of aryl methyl sites for hydroxylation is 1. The number of benzene rings is 2. The molecule has 3 aromatic rings. The normalized spacial score (nSPS) is 10.9. The first kappa shape index (κ1) is 18.3. The lowest BCUT2D eigenvalue weighted by Crippen LogP contribution is -2.30. The third-order valence-corrected chi connectivity index (χ3v) is 5.14. The van der Waals surface area contributed by atoms with Crippen molar-refractivity contribution in [2.45, 2.75) is 13.3 Å². The topological polar surface area (TPSA) is 39.9 Å². The smallest absolute Gasteiger partial charge is 0.170 e. The highest BCUT2D eigenvalue weighted by Crippen LogP contribution is 2.26. The van der Waals surface area contributed by atoms with E-state index in [0.717, 1.165) is 33.7 Å². The van der Waals surface area contributed by atoms with Gasteiger partial charge in [-0.3, -0.25) is 0 Å². The van der Waals surface area contributed by atoms with E-state index in [1.165, 1.54) is 5.56 Å². The molecule has 130 valence electrons. The first-order chi connectivity index (χ1) is 11.9. The van der Waals surface area contributed by atoms with E-state index in [0.29, 0.717) is 21.7 Å². The third kappa shape index (κ3) is 4.39. The molecule has 3 N–H and O–H groups in total. The molecule has 0 amide bonds. The second kappa shape index (κ2) is 7.83. The summed E-state index contributed by atoms with van der Waals surface area (Å²) in [5.41, 5.74) is 4.26. The van der Waals surface area contributed by atoms with Crippen LogP contribution in [-0.4, -0.2) is 16.6 Å². The fourth-order valence-electron chi connectivity index (χ4n) is 2.73. The molecule has 0 spiro atoms. The van der Waals surface area contributed by atoms with Crippen molar-refractivity contribution in [3.63, 3.8) is 0 Å². The van der Waals surface area contributed by atoms with E-state index in [-0.39, 0.29) is 0 Å². The molecule has 25 heavy (non-hydrogen) atoms. The summed E-state index contributed by atoms with van der Waals surface area (Å²) in [4.78, 5) is 3.38. The Morgan fingerprint density at radius 3 is 2.64 bits per heavy atom. The molecule has 0 aliphatic carbocycles. The molecule has 0 atom stereocenters. The van der Waals surface area contributed by atoms with Crippen LogP contribution in [0.3, 0.4) is 0 Å². The van der Waals surface area contributed by atoms with Crippen molar-refractivity contribution in [3.05, 3.63) is 62.7 Å². The van der Waals surface area contributed by atoms with Gasteiger partial charge < -0.3 is 15.6 Å². The number of hydrogen-bond acceptors (Lipinski definition) is 1. The minimum atomic E-state index is 0.487. The lowest BCUT2D eigenvalue weighted by atomic mass is 10.1. The van der Waals surface area contributed by atoms with Gasteiger partial charge in [0.2, 0.25) is 0 Å². The van der Waals surface area contributed by atoms with Crippen LogP contribution in [0, 0.1) is 6.92 Å². The van der Waals surface area contributed by atoms with Crippen LogP contribution in [0.2, 0.25) is 15.1 Å². The molecule has 7 heteroatoms. The molecule has 1 heterocycles. The number of aromatic amines is 1. The summed E-state index contributed by atoms with van der Waals surface area (Å²) in [6, 6.07) is 11.2. The first-order valence-electron chi connectivity index (χ1n) is 7.70. The number of nitrogens with one attached hydrogen (secondary N) is 3. The predicted molar refractivity (Wildman–Crippen MR) is 112 cm³/mol. The van der Waals surface area contributed by atoms with Crippen molar-refractivity contribution < 1.29 is 0 Å². The van der Waals surface area contributed by atoms with Crippen LogP contribution in [-0.2, 0) is 6.42 Å². The van der Waals surface area contributed by atoms with Crippen LogP contribution in [0.4, 0.5) is 5.69 Å². The summed E-state index contributed by atoms with van der Waals surface area (Å²) in [7, 11) is 0. The molecule has 0 bridgehead atoms. The summed E-state index contributed by atoms with van der Waals surface area (Å²) < 4.78 is 0. The molecule has 3 rings (SSSR count). The van der Waals surface area contributed by atoms with Crippen LogP contribution in [0.25, 0.3) is 10.9 Å². The van der Waals surface area contributed by atoms with E-state index >= 15 is 0 Å². The number of aromatic nitrogens is 1. The Hall–Kier alpha value is -1.46. The number of thiocarbonyl (C=S) groups is 1. The molecule has 0 fully saturated rings. The summed E-state index contributed by atoms with van der Waals surface area (Å²) in [6.45, 7) is 2.77. The van der Waals surface area contributed by atoms with Crippen molar-refractivity contribution in [3.8, 4) is 0 Å². The zero-order valence-electron chi connectivity index (χ0n) is 13.4. The Morgan fingerprint density at radius 1 is 1.08 bits per heavy atom. The third-order valence-electron chi connectivity index (χ3n) is 3.92. The highest BCUT2D eigenvalue weighted by Gasteiger charge is 2.09. The molecular weight excluding hydrogens is 397 g/mol. The van der Waals surface area contributed by atoms with Crippen molar-refractivity contribution in [1.29, 1.82) is 0 Å². The minimum absolute atomic E-state index is 0.487. The van der Waals surface area contributed by atoms with Gasteiger partial charge in [-0.1, -0.05) is 34.8 Å². The van der Waals surface area contributed by atoms with Crippen LogP contribution in [0.15, 0.2) is 36.4 Å². The molecule has 0 unspecified atom stereocenters. The monoisotopic (exact) mass is 411 g/mol. The summed E-state index contributed by atoms with van der Waals surface area (Å²) in [5.74, 6) is 0. The molecule has 0 radical (unpaired) electrons. The predicted octanol–water partition coefficient (Wildman–Crippen LogP) is 5.97. The highest BCUT2D eigenvalue weighted by molar-refractivity contribution is 7.80. The zero-order chi connectivity index (χ0) is 18.0. The lowest BCUT2D eigenvalue weighted by molar-refractivity contribution is 0.871. The molecule has 3 nitrogen and oxygen atoms in total. The molecule has 0 saturated carbocycles. The van der Waals surface area contributed by atoms with Gasteiger partial charge in [-0.2, -0.15) is 0 Å². The van der Waals surface area contributed by atoms with Gasteiger partial charge in [0.25, 0.3) is 0 Å². The molecule has 2 aromatic carbocycles. The second-order valence-electron chi connectivity index (χ2n) is 5.68. The maximum Gasteiger partial charge on any atom is 0.170 e. The Balaban J connectivity index is 1.61. The Kier molecular flexibility index (Phi) is 5.74. The van der Waals surface area contributed by atoms with Crippen molar-refractivity contribution in [2.75, 3.05) is 11.9 Å². The van der Waals surface area contributed by atoms with Gasteiger partial charge in [-0.15, -0.1) is 0 Å². The van der Waals surface area contributed by atoms with Crippen molar-refractivity contribution in [1.82, 2.24) is 10.3 Å². The molecule has 0 aliphatic rings. The van der Waals surface area contributed by atoms with Crippen LogP contribution in [0.1, 0.15) is 11.3 Å². The van der Waals surface area contributed by atoms with Gasteiger partial charge in [-0.25, -0.2) is 0 Å². The van der Waals surface area contributed by atoms with Crippen molar-refractivity contribution >= 4 is 68.7 Å². The van der Waals surface area contributed by atoms with Crippen molar-refractivity contribution in [2.24, 2.45) is 0 Å². The molecule has 0 aliphatic heterocycles. The highest BCUT2D eigenvalue weighted by atomic mass is 35.5. The van der Waals surface area contributed by atoms with Gasteiger partial charge >= 0.3 is 0 Å². The molecule has 0 saturated heterocycles. The second-order valence-corrected chi connectivity index (χ2v) is 7.34. The minimum Gasteiger partial charge on any atom is -0.362 e. The van der Waals surface area contributed by atoms with E-state index in [9.17, 15) is 0 Å². The van der Waals surface area contributed by atoms with E-state index in [1.807, 2.05) is 24.3 Å². The Morgan fingerprint density at radius 2 is 1.88 bits per heavy atom. The standard InChI is InChI=1S/C18H16Cl3N3S/c1-10-13(14-8-11(19)2-5-17(14)23-10)6-7-22-18(25)24-12-3-4-15(20)16(21)9-12/h2-5,8-9,23H,6-7H2,1H3,(H2,22,24,25). The van der Waals surface area contributed by atoms with Gasteiger partial charge in [0.15, 0.2) is 5.11 Å². The fourth-order valence-corrected chi connectivity index (χ4v) is 3.42. The largest absolute Gasteiger partial charge is 0.362 e. The van der Waals surface area contributed by atoms with Gasteiger partial charge in [-0.05, 0) is 67.5 Å². The van der Waals surface area contributed by atoms with Gasteiger partial charge in [0.1, 0.15) is 0 Å². The van der Waals surface area contributed by atoms with Gasteiger partial charge in [0.05, 0.1) is 10.0 Å². The Labute approximate surface area is 166 Å².